The van der Waals surface area contributed by atoms with Crippen molar-refractivity contribution in [3.05, 3.63) is 11.8 Å². The zero-order chi connectivity index (χ0) is 23.7. The summed E-state index contributed by atoms with van der Waals surface area (Å²) in [6.07, 6.45) is 0. The van der Waals surface area contributed by atoms with E-state index in [2.05, 4.69) is 53.3 Å². The van der Waals surface area contributed by atoms with E-state index in [0.29, 0.717) is 0 Å². The highest BCUT2D eigenvalue weighted by Crippen LogP contribution is 2.62. The number of carboxylic acid groups (broad SMARTS) is 1. The van der Waals surface area contributed by atoms with Crippen molar-refractivity contribution in [3.63, 3.8) is 0 Å². The molecular formula is C17H34O3P6S4. The van der Waals surface area contributed by atoms with Gasteiger partial charge in [0.1, 0.15) is 5.50 Å². The van der Waals surface area contributed by atoms with Gasteiger partial charge in [-0.15, -0.1) is 0 Å². The van der Waals surface area contributed by atoms with Crippen LogP contribution in [-0.4, -0.2) is 88.0 Å². The molecule has 30 heavy (non-hydrogen) atoms. The standard InChI is InChI=1S/C17H34O3P6S4/c1-23(2,27)10-21(11-24(3,4)28)15-9-14(16(18)19)20-17(15)22(12-25(5,6)29)13-26(7,8)30/h9H,10-13H2,1-8H3,(H,18,19). The van der Waals surface area contributed by atoms with Gasteiger partial charge in [0.25, 0.3) is 0 Å². The molecule has 0 aliphatic rings. The Morgan fingerprint density at radius 3 is 1.43 bits per heavy atom. The molecule has 1 aromatic rings. The minimum atomic E-state index is -1.51. The van der Waals surface area contributed by atoms with E-state index >= 15 is 0 Å². The molecule has 13 heteroatoms. The first-order valence-electron chi connectivity index (χ1n) is 9.20. The minimum absolute atomic E-state index is 0.0297. The number of hydrogen-bond acceptors (Lipinski definition) is 6. The van der Waals surface area contributed by atoms with Gasteiger partial charge in [0, 0.05) is 28.9 Å². The largest absolute Gasteiger partial charge is 0.475 e. The molecule has 0 spiro atoms. The fraction of sp³-hybridized carbons (Fsp3) is 0.706. The van der Waals surface area contributed by atoms with Crippen molar-refractivity contribution >= 4 is 104 Å². The van der Waals surface area contributed by atoms with Crippen LogP contribution in [0.15, 0.2) is 10.5 Å². The number of rotatable bonds is 11. The third kappa shape index (κ3) is 12.1. The van der Waals surface area contributed by atoms with Gasteiger partial charge in [0.05, 0.1) is 0 Å². The van der Waals surface area contributed by atoms with Crippen LogP contribution in [0.2, 0.25) is 0 Å². The molecule has 0 atom stereocenters. The van der Waals surface area contributed by atoms with Gasteiger partial charge in [0.15, 0.2) is 0 Å². The van der Waals surface area contributed by atoms with Gasteiger partial charge < -0.3 is 9.52 Å². The second-order valence-electron chi connectivity index (χ2n) is 9.55. The summed E-state index contributed by atoms with van der Waals surface area (Å²) in [6, 6.07) is -4.24. The fourth-order valence-corrected chi connectivity index (χ4v) is 27.8. The summed E-state index contributed by atoms with van der Waals surface area (Å²) in [6.45, 7) is 17.3. The van der Waals surface area contributed by atoms with Crippen molar-refractivity contribution in [2.75, 3.05) is 76.9 Å². The Kier molecular flexibility index (Phi) is 11.4. The van der Waals surface area contributed by atoms with Crippen molar-refractivity contribution < 1.29 is 14.3 Å². The van der Waals surface area contributed by atoms with E-state index in [9.17, 15) is 9.90 Å². The highest BCUT2D eigenvalue weighted by Gasteiger charge is 2.32. The number of hydrogen-bond donors (Lipinski definition) is 1. The highest BCUT2D eigenvalue weighted by molar-refractivity contribution is 8.21. The lowest BCUT2D eigenvalue weighted by atomic mass is 10.5. The summed E-state index contributed by atoms with van der Waals surface area (Å²) in [5.41, 5.74) is 0.872. The monoisotopic (exact) mass is 600 g/mol. The summed E-state index contributed by atoms with van der Waals surface area (Å²) < 4.78 is 6.09. The lowest BCUT2D eigenvalue weighted by Crippen LogP contribution is -2.22. The molecule has 0 radical (unpaired) electrons. The van der Waals surface area contributed by atoms with E-state index in [4.69, 9.17) is 51.6 Å². The molecule has 1 heterocycles. The summed E-state index contributed by atoms with van der Waals surface area (Å²) in [7, 11) is -1.40. The van der Waals surface area contributed by atoms with Crippen LogP contribution in [0.4, 0.5) is 0 Å². The van der Waals surface area contributed by atoms with Crippen LogP contribution in [0, 0.1) is 0 Å². The normalized spacial score (nSPS) is 13.9. The molecule has 0 aliphatic heterocycles. The Labute approximate surface area is 205 Å². The third-order valence-electron chi connectivity index (χ3n) is 3.58. The van der Waals surface area contributed by atoms with Gasteiger partial charge in [-0.2, -0.15) is 0 Å². The fourth-order valence-electron chi connectivity index (χ4n) is 2.95. The molecule has 1 rings (SSSR count). The van der Waals surface area contributed by atoms with Crippen LogP contribution >= 0.6 is 40.0 Å². The number of furan rings is 1. The molecule has 0 fully saturated rings. The van der Waals surface area contributed by atoms with Gasteiger partial charge >= 0.3 is 5.97 Å². The van der Waals surface area contributed by atoms with E-state index in [1.165, 1.54) is 0 Å². The van der Waals surface area contributed by atoms with Gasteiger partial charge in [-0.1, -0.05) is 55.1 Å². The van der Waals surface area contributed by atoms with Gasteiger partial charge in [0.2, 0.25) is 5.76 Å². The van der Waals surface area contributed by atoms with Crippen LogP contribution in [0.5, 0.6) is 0 Å². The maximum absolute atomic E-state index is 11.8. The number of carbonyl (C=O) groups is 1. The average molecular weight is 601 g/mol. The lowest BCUT2D eigenvalue weighted by Gasteiger charge is -2.29. The molecule has 0 aromatic carbocycles. The van der Waals surface area contributed by atoms with E-state index in [0.717, 1.165) is 34.4 Å². The van der Waals surface area contributed by atoms with Crippen molar-refractivity contribution in [1.82, 2.24) is 0 Å². The van der Waals surface area contributed by atoms with Crippen molar-refractivity contribution in [1.29, 1.82) is 0 Å². The predicted molar refractivity (Wildman–Crippen MR) is 163 cm³/mol. The first-order chi connectivity index (χ1) is 13.2. The molecule has 0 amide bonds. The average Bonchev–Trinajstić information content (AvgIpc) is 2.84. The lowest BCUT2D eigenvalue weighted by molar-refractivity contribution is 0.0664. The Bertz CT molecular complexity index is 847. The van der Waals surface area contributed by atoms with Crippen LogP contribution in [0.3, 0.4) is 0 Å². The Morgan fingerprint density at radius 2 is 1.13 bits per heavy atom. The molecule has 0 saturated heterocycles. The van der Waals surface area contributed by atoms with E-state index in [-0.39, 0.29) is 5.76 Å². The van der Waals surface area contributed by atoms with Crippen LogP contribution < -0.4 is 10.8 Å². The SMILES string of the molecule is CP(C)(=S)CP(CP(C)(C)=S)c1cc(C(=O)O)oc1P(CP(C)(C)=S)CP(C)(C)=S. The first-order valence-corrected chi connectivity index (χ1v) is 28.2. The van der Waals surface area contributed by atoms with Gasteiger partial charge in [-0.05, 0) is 91.5 Å². The second kappa shape index (κ2) is 11.3. The van der Waals surface area contributed by atoms with Crippen LogP contribution in [0.25, 0.3) is 0 Å². The van der Waals surface area contributed by atoms with Crippen molar-refractivity contribution in [2.24, 2.45) is 0 Å². The number of carboxylic acids is 1. The smallest absolute Gasteiger partial charge is 0.371 e. The maximum Gasteiger partial charge on any atom is 0.371 e. The minimum Gasteiger partial charge on any atom is -0.475 e. The summed E-state index contributed by atoms with van der Waals surface area (Å²) in [5.74, 6) is 2.68. The summed E-state index contributed by atoms with van der Waals surface area (Å²) in [5, 5.41) is 10.8. The maximum atomic E-state index is 11.8. The van der Waals surface area contributed by atoms with Crippen molar-refractivity contribution in [3.8, 4) is 0 Å². The Balaban J connectivity index is 3.70. The van der Waals surface area contributed by atoms with E-state index < -0.39 is 46.0 Å². The Hall–Kier alpha value is 2.21. The van der Waals surface area contributed by atoms with E-state index in [1.54, 1.807) is 6.07 Å². The predicted octanol–water partition coefficient (Wildman–Crippen LogP) is 5.98. The van der Waals surface area contributed by atoms with Crippen LogP contribution in [-0.2, 0) is 47.2 Å². The second-order valence-corrected chi connectivity index (χ2v) is 41.6. The molecular weight excluding hydrogens is 566 g/mol. The molecule has 0 bridgehead atoms. The quantitative estimate of drug-likeness (QED) is 0.314. The summed E-state index contributed by atoms with van der Waals surface area (Å²) in [4.78, 5) is 11.8. The van der Waals surface area contributed by atoms with Crippen molar-refractivity contribution in [2.45, 2.75) is 0 Å². The topological polar surface area (TPSA) is 50.4 Å². The molecule has 1 aromatic heterocycles. The molecule has 3 nitrogen and oxygen atoms in total. The van der Waals surface area contributed by atoms with Gasteiger partial charge in [-0.3, -0.25) is 0 Å². The summed E-state index contributed by atoms with van der Waals surface area (Å²) >= 11 is 23.3. The zero-order valence-corrected chi connectivity index (χ0v) is 27.6. The van der Waals surface area contributed by atoms with Crippen LogP contribution in [0.1, 0.15) is 10.6 Å². The molecule has 0 saturated carbocycles. The zero-order valence-electron chi connectivity index (χ0n) is 19.0. The molecule has 1 N–H and O–H groups in total. The Morgan fingerprint density at radius 1 is 0.800 bits per heavy atom. The highest BCUT2D eigenvalue weighted by atomic mass is 32.5. The molecule has 0 unspecified atom stereocenters. The van der Waals surface area contributed by atoms with Gasteiger partial charge in [-0.25, -0.2) is 4.79 Å². The molecule has 0 aliphatic carbocycles. The van der Waals surface area contributed by atoms with E-state index in [1.807, 2.05) is 0 Å². The first kappa shape index (κ1) is 30.2. The number of aromatic carboxylic acids is 1. The third-order valence-corrected chi connectivity index (χ3v) is 26.2. The molecule has 174 valence electrons.